The first-order valence-electron chi connectivity index (χ1n) is 10.4. The summed E-state index contributed by atoms with van der Waals surface area (Å²) in [6, 6.07) is 0. The molecule has 4 nitrogen and oxygen atoms in total. The van der Waals surface area contributed by atoms with E-state index in [2.05, 4.69) is 5.32 Å². The third-order valence-corrected chi connectivity index (χ3v) is 4.57. The number of hydrogen-bond acceptors (Lipinski definition) is 3. The third-order valence-electron chi connectivity index (χ3n) is 4.57. The van der Waals surface area contributed by atoms with Gasteiger partial charge in [-0.25, -0.2) is 0 Å². The summed E-state index contributed by atoms with van der Waals surface area (Å²) in [4.78, 5) is 10.6. The molecule has 0 saturated carbocycles. The van der Waals surface area contributed by atoms with Crippen LogP contribution in [0.4, 0.5) is 0 Å². The predicted molar refractivity (Wildman–Crippen MR) is 103 cm³/mol. The molecular weight excluding hydrogens is 300 g/mol. The van der Waals surface area contributed by atoms with Crippen LogP contribution in [0.3, 0.4) is 0 Å². The van der Waals surface area contributed by atoms with Gasteiger partial charge in [0.25, 0.3) is 0 Å². The van der Waals surface area contributed by atoms with E-state index < -0.39 is 0 Å². The van der Waals surface area contributed by atoms with E-state index in [0.29, 0.717) is 6.42 Å². The van der Waals surface area contributed by atoms with Gasteiger partial charge in [0.05, 0.1) is 6.61 Å². The maximum Gasteiger partial charge on any atom is 0.217 e. The van der Waals surface area contributed by atoms with Crippen LogP contribution in [0, 0.1) is 0 Å². The minimum atomic E-state index is -0.162. The Morgan fingerprint density at radius 1 is 0.625 bits per heavy atom. The zero-order chi connectivity index (χ0) is 17.7. The Morgan fingerprint density at radius 3 is 1.38 bits per heavy atom. The number of amides is 1. The molecule has 0 aromatic heterocycles. The Morgan fingerprint density at radius 2 is 1.00 bits per heavy atom. The average molecular weight is 343 g/mol. The van der Waals surface area contributed by atoms with Crippen LogP contribution in [0.2, 0.25) is 0 Å². The summed E-state index contributed by atoms with van der Waals surface area (Å²) < 4.78 is 0. The van der Waals surface area contributed by atoms with Crippen molar-refractivity contribution in [2.75, 3.05) is 19.7 Å². The standard InChI is InChI=1S/C20H42N2O2/c21-20(24)16-14-12-10-8-6-4-2-1-3-5-7-9-11-13-15-17-22-18-19-23/h22-23H,1-19H2,(H2,21,24). The van der Waals surface area contributed by atoms with E-state index >= 15 is 0 Å². The third kappa shape index (κ3) is 21.4. The summed E-state index contributed by atoms with van der Waals surface area (Å²) in [5.74, 6) is -0.162. The molecule has 0 radical (unpaired) electrons. The molecule has 0 fully saturated rings. The Bertz CT molecular complexity index is 260. The summed E-state index contributed by atoms with van der Waals surface area (Å²) in [6.07, 6.45) is 20.2. The lowest BCUT2D eigenvalue weighted by Crippen LogP contribution is -2.19. The van der Waals surface area contributed by atoms with E-state index in [9.17, 15) is 4.79 Å². The highest BCUT2D eigenvalue weighted by Gasteiger charge is 1.96. The van der Waals surface area contributed by atoms with Crippen LogP contribution in [0.1, 0.15) is 103 Å². The van der Waals surface area contributed by atoms with Crippen molar-refractivity contribution in [2.45, 2.75) is 103 Å². The van der Waals surface area contributed by atoms with Crippen molar-refractivity contribution in [1.82, 2.24) is 5.32 Å². The number of hydrogen-bond donors (Lipinski definition) is 3. The minimum absolute atomic E-state index is 0.162. The number of aliphatic hydroxyl groups is 1. The summed E-state index contributed by atoms with van der Waals surface area (Å²) >= 11 is 0. The van der Waals surface area contributed by atoms with Crippen LogP contribution in [0.5, 0.6) is 0 Å². The second kappa shape index (κ2) is 20.4. The molecule has 1 amide bonds. The van der Waals surface area contributed by atoms with Crippen molar-refractivity contribution < 1.29 is 9.90 Å². The molecule has 24 heavy (non-hydrogen) atoms. The van der Waals surface area contributed by atoms with Crippen molar-refractivity contribution in [3.63, 3.8) is 0 Å². The SMILES string of the molecule is NC(=O)CCCCCCCCCCCCCCCCCNCCO. The number of nitrogens with two attached hydrogens (primary N) is 1. The molecular formula is C20H42N2O2. The van der Waals surface area contributed by atoms with Crippen LogP contribution >= 0.6 is 0 Å². The fourth-order valence-electron chi connectivity index (χ4n) is 3.05. The summed E-state index contributed by atoms with van der Waals surface area (Å²) in [7, 11) is 0. The molecule has 0 aliphatic carbocycles. The lowest BCUT2D eigenvalue weighted by molar-refractivity contribution is -0.118. The highest BCUT2D eigenvalue weighted by molar-refractivity contribution is 5.73. The number of carbonyl (C=O) groups is 1. The van der Waals surface area contributed by atoms with Gasteiger partial charge in [-0.3, -0.25) is 4.79 Å². The minimum Gasteiger partial charge on any atom is -0.395 e. The number of rotatable bonds is 20. The van der Waals surface area contributed by atoms with Crippen LogP contribution in [0.15, 0.2) is 0 Å². The topological polar surface area (TPSA) is 75.4 Å². The normalized spacial score (nSPS) is 11.0. The first kappa shape index (κ1) is 23.4. The van der Waals surface area contributed by atoms with Crippen molar-refractivity contribution in [3.05, 3.63) is 0 Å². The van der Waals surface area contributed by atoms with Gasteiger partial charge in [0.15, 0.2) is 0 Å². The van der Waals surface area contributed by atoms with Gasteiger partial charge in [-0.1, -0.05) is 83.5 Å². The van der Waals surface area contributed by atoms with E-state index in [-0.39, 0.29) is 12.5 Å². The van der Waals surface area contributed by atoms with Crippen molar-refractivity contribution >= 4 is 5.91 Å². The molecule has 0 aliphatic heterocycles. The molecule has 0 aromatic rings. The number of nitrogens with one attached hydrogen (secondary N) is 1. The van der Waals surface area contributed by atoms with Gasteiger partial charge in [0.2, 0.25) is 5.91 Å². The van der Waals surface area contributed by atoms with Crippen LogP contribution in [-0.2, 0) is 4.79 Å². The largest absolute Gasteiger partial charge is 0.395 e. The zero-order valence-corrected chi connectivity index (χ0v) is 15.9. The van der Waals surface area contributed by atoms with Crippen LogP contribution in [0.25, 0.3) is 0 Å². The first-order chi connectivity index (χ1) is 11.8. The van der Waals surface area contributed by atoms with Crippen LogP contribution in [-0.4, -0.2) is 30.7 Å². The smallest absolute Gasteiger partial charge is 0.217 e. The van der Waals surface area contributed by atoms with Gasteiger partial charge in [-0.2, -0.15) is 0 Å². The maximum atomic E-state index is 10.6. The zero-order valence-electron chi connectivity index (χ0n) is 15.9. The Balaban J connectivity index is 2.97. The van der Waals surface area contributed by atoms with Crippen molar-refractivity contribution in [2.24, 2.45) is 5.73 Å². The molecule has 0 aliphatic rings. The van der Waals surface area contributed by atoms with E-state index in [4.69, 9.17) is 10.8 Å². The molecule has 0 bridgehead atoms. The molecule has 0 atom stereocenters. The van der Waals surface area contributed by atoms with E-state index in [1.54, 1.807) is 0 Å². The quantitative estimate of drug-likeness (QED) is 0.289. The lowest BCUT2D eigenvalue weighted by atomic mass is 10.0. The molecule has 0 saturated heterocycles. The summed E-state index contributed by atoms with van der Waals surface area (Å²) in [6.45, 7) is 2.03. The molecule has 0 spiro atoms. The second-order valence-electron chi connectivity index (χ2n) is 6.99. The predicted octanol–water partition coefficient (Wildman–Crippen LogP) is 4.30. The number of primary amides is 1. The molecule has 0 heterocycles. The molecule has 144 valence electrons. The summed E-state index contributed by atoms with van der Waals surface area (Å²) in [5, 5.41) is 11.9. The summed E-state index contributed by atoms with van der Waals surface area (Å²) in [5.41, 5.74) is 5.12. The second-order valence-corrected chi connectivity index (χ2v) is 6.99. The van der Waals surface area contributed by atoms with Gasteiger partial charge in [0, 0.05) is 13.0 Å². The number of aliphatic hydroxyl groups excluding tert-OH is 1. The highest BCUT2D eigenvalue weighted by atomic mass is 16.3. The van der Waals surface area contributed by atoms with Gasteiger partial charge >= 0.3 is 0 Å². The van der Waals surface area contributed by atoms with Gasteiger partial charge in [-0.15, -0.1) is 0 Å². The lowest BCUT2D eigenvalue weighted by Gasteiger charge is -2.04. The molecule has 0 aromatic carbocycles. The van der Waals surface area contributed by atoms with E-state index in [1.165, 1.54) is 83.5 Å². The van der Waals surface area contributed by atoms with Gasteiger partial charge < -0.3 is 16.2 Å². The molecule has 4 N–H and O–H groups in total. The molecule has 4 heteroatoms. The Labute approximate surface area is 150 Å². The number of unbranched alkanes of at least 4 members (excludes halogenated alkanes) is 14. The maximum absolute atomic E-state index is 10.6. The van der Waals surface area contributed by atoms with Crippen LogP contribution < -0.4 is 11.1 Å². The molecule has 0 unspecified atom stereocenters. The van der Waals surface area contributed by atoms with Crippen molar-refractivity contribution in [3.8, 4) is 0 Å². The Hall–Kier alpha value is -0.610. The monoisotopic (exact) mass is 342 g/mol. The van der Waals surface area contributed by atoms with E-state index in [1.807, 2.05) is 0 Å². The first-order valence-corrected chi connectivity index (χ1v) is 10.4. The Kier molecular flexibility index (Phi) is 19.9. The van der Waals surface area contributed by atoms with E-state index in [0.717, 1.165) is 25.9 Å². The van der Waals surface area contributed by atoms with Gasteiger partial charge in [0.1, 0.15) is 0 Å². The average Bonchev–Trinajstić information content (AvgIpc) is 2.56. The fourth-order valence-corrected chi connectivity index (χ4v) is 3.05. The number of carbonyl (C=O) groups excluding carboxylic acids is 1. The highest BCUT2D eigenvalue weighted by Crippen LogP contribution is 2.13. The fraction of sp³-hybridized carbons (Fsp3) is 0.950. The molecule has 0 rings (SSSR count). The van der Waals surface area contributed by atoms with Crippen molar-refractivity contribution in [1.29, 1.82) is 0 Å². The van der Waals surface area contributed by atoms with Gasteiger partial charge in [-0.05, 0) is 19.4 Å².